The number of aliphatic carboxylic acids is 1. The average molecular weight is 317 g/mol. The molecule has 0 aliphatic heterocycles. The third-order valence-electron chi connectivity index (χ3n) is 2.45. The summed E-state index contributed by atoms with van der Waals surface area (Å²) >= 11 is 18.0. The first-order valence-electron chi connectivity index (χ1n) is 5.29. The fraction of sp³-hybridized carbons (Fsp3) is 0.0769. The number of carboxylic acids is 1. The number of halogens is 3. The molecule has 19 heavy (non-hydrogen) atoms. The quantitative estimate of drug-likeness (QED) is 0.857. The Balaban J connectivity index is 2.50. The second-order valence-electron chi connectivity index (χ2n) is 3.87. The van der Waals surface area contributed by atoms with Crippen molar-refractivity contribution >= 4 is 40.8 Å². The number of nitrogens with zero attached hydrogens (tertiary/aromatic N) is 1. The van der Waals surface area contributed by atoms with Gasteiger partial charge >= 0.3 is 5.97 Å². The standard InChI is InChI=1S/C13H8Cl3NO2/c14-8-5-9(13(16)10(15)6-8)11-3-7(1-2-17-11)4-12(18)19/h1-3,5-6H,4H2,(H,18,19). The Morgan fingerprint density at radius 1 is 1.21 bits per heavy atom. The summed E-state index contributed by atoms with van der Waals surface area (Å²) in [6.07, 6.45) is 1.44. The summed E-state index contributed by atoms with van der Waals surface area (Å²) in [6, 6.07) is 6.47. The Bertz CT molecular complexity index is 644. The van der Waals surface area contributed by atoms with Gasteiger partial charge in [-0.05, 0) is 29.8 Å². The number of rotatable bonds is 3. The van der Waals surface area contributed by atoms with Crippen molar-refractivity contribution < 1.29 is 9.90 Å². The molecule has 2 rings (SSSR count). The summed E-state index contributed by atoms with van der Waals surface area (Å²) in [5.41, 5.74) is 1.74. The molecule has 0 aliphatic carbocycles. The maximum absolute atomic E-state index is 10.7. The number of benzene rings is 1. The third kappa shape index (κ3) is 3.38. The Kier molecular flexibility index (Phi) is 4.30. The second kappa shape index (κ2) is 5.78. The molecule has 6 heteroatoms. The van der Waals surface area contributed by atoms with E-state index in [9.17, 15) is 4.79 Å². The van der Waals surface area contributed by atoms with Gasteiger partial charge in [0.25, 0.3) is 0 Å². The minimum atomic E-state index is -0.910. The molecule has 1 aromatic heterocycles. The molecule has 0 bridgehead atoms. The van der Waals surface area contributed by atoms with Gasteiger partial charge in [0.15, 0.2) is 0 Å². The molecule has 0 unspecified atom stereocenters. The number of hydrogen-bond acceptors (Lipinski definition) is 2. The van der Waals surface area contributed by atoms with E-state index in [-0.39, 0.29) is 6.42 Å². The van der Waals surface area contributed by atoms with Crippen LogP contribution < -0.4 is 0 Å². The van der Waals surface area contributed by atoms with Gasteiger partial charge in [0.05, 0.1) is 22.2 Å². The van der Waals surface area contributed by atoms with Crippen LogP contribution in [0.15, 0.2) is 30.5 Å². The molecule has 1 aromatic carbocycles. The maximum Gasteiger partial charge on any atom is 0.307 e. The first kappa shape index (κ1) is 14.1. The van der Waals surface area contributed by atoms with Crippen LogP contribution in [-0.2, 0) is 11.2 Å². The van der Waals surface area contributed by atoms with Crippen LogP contribution in [0, 0.1) is 0 Å². The lowest BCUT2D eigenvalue weighted by Gasteiger charge is -2.07. The van der Waals surface area contributed by atoms with E-state index < -0.39 is 5.97 Å². The predicted molar refractivity (Wildman–Crippen MR) is 76.0 cm³/mol. The van der Waals surface area contributed by atoms with E-state index in [2.05, 4.69) is 4.98 Å². The normalized spacial score (nSPS) is 10.5. The Hall–Kier alpha value is -1.29. The fourth-order valence-electron chi connectivity index (χ4n) is 1.65. The van der Waals surface area contributed by atoms with Crippen LogP contribution in [0.4, 0.5) is 0 Å². The van der Waals surface area contributed by atoms with Gasteiger partial charge in [-0.1, -0.05) is 34.8 Å². The molecule has 98 valence electrons. The fourth-order valence-corrected chi connectivity index (χ4v) is 2.35. The van der Waals surface area contributed by atoms with Gasteiger partial charge in [-0.2, -0.15) is 0 Å². The first-order valence-corrected chi connectivity index (χ1v) is 6.42. The van der Waals surface area contributed by atoms with E-state index in [1.807, 2.05) is 0 Å². The smallest absolute Gasteiger partial charge is 0.307 e. The van der Waals surface area contributed by atoms with Crippen molar-refractivity contribution in [3.8, 4) is 11.3 Å². The molecule has 0 spiro atoms. The molecule has 0 saturated heterocycles. The average Bonchev–Trinajstić information content (AvgIpc) is 2.33. The molecule has 0 fully saturated rings. The topological polar surface area (TPSA) is 50.2 Å². The molecule has 0 radical (unpaired) electrons. The molecule has 3 nitrogen and oxygen atoms in total. The molecule has 0 aliphatic rings. The zero-order valence-corrected chi connectivity index (χ0v) is 11.8. The van der Waals surface area contributed by atoms with Crippen molar-refractivity contribution in [3.05, 3.63) is 51.1 Å². The molecular weight excluding hydrogens is 309 g/mol. The lowest BCUT2D eigenvalue weighted by Crippen LogP contribution is -2.00. The van der Waals surface area contributed by atoms with Gasteiger partial charge in [-0.3, -0.25) is 9.78 Å². The molecule has 0 saturated carbocycles. The van der Waals surface area contributed by atoms with Crippen molar-refractivity contribution in [2.75, 3.05) is 0 Å². The van der Waals surface area contributed by atoms with E-state index >= 15 is 0 Å². The van der Waals surface area contributed by atoms with Crippen LogP contribution in [0.3, 0.4) is 0 Å². The summed E-state index contributed by atoms with van der Waals surface area (Å²) < 4.78 is 0. The van der Waals surface area contributed by atoms with Gasteiger partial charge in [-0.25, -0.2) is 0 Å². The van der Waals surface area contributed by atoms with Crippen LogP contribution in [0.5, 0.6) is 0 Å². The summed E-state index contributed by atoms with van der Waals surface area (Å²) in [5.74, 6) is -0.910. The zero-order valence-electron chi connectivity index (χ0n) is 9.53. The van der Waals surface area contributed by atoms with Crippen molar-refractivity contribution in [3.63, 3.8) is 0 Å². The molecular formula is C13H8Cl3NO2. The lowest BCUT2D eigenvalue weighted by molar-refractivity contribution is -0.136. The monoisotopic (exact) mass is 315 g/mol. The molecule has 1 N–H and O–H groups in total. The zero-order chi connectivity index (χ0) is 14.0. The Morgan fingerprint density at radius 3 is 2.63 bits per heavy atom. The number of carboxylic acid groups (broad SMARTS) is 1. The van der Waals surface area contributed by atoms with E-state index in [1.54, 1.807) is 18.2 Å². The second-order valence-corrected chi connectivity index (χ2v) is 5.09. The SMILES string of the molecule is O=C(O)Cc1ccnc(-c2cc(Cl)cc(Cl)c2Cl)c1. The van der Waals surface area contributed by atoms with Gasteiger partial charge in [0.2, 0.25) is 0 Å². The highest BCUT2D eigenvalue weighted by Gasteiger charge is 2.11. The van der Waals surface area contributed by atoms with E-state index in [0.717, 1.165) is 0 Å². The minimum absolute atomic E-state index is 0.0819. The molecule has 0 amide bonds. The molecule has 1 heterocycles. The van der Waals surface area contributed by atoms with Gasteiger partial charge in [0.1, 0.15) is 0 Å². The van der Waals surface area contributed by atoms with Crippen LogP contribution in [0.2, 0.25) is 15.1 Å². The highest BCUT2D eigenvalue weighted by atomic mass is 35.5. The maximum atomic E-state index is 10.7. The number of hydrogen-bond donors (Lipinski definition) is 1. The van der Waals surface area contributed by atoms with E-state index in [4.69, 9.17) is 39.9 Å². The largest absolute Gasteiger partial charge is 0.481 e. The van der Waals surface area contributed by atoms with E-state index in [1.165, 1.54) is 12.3 Å². The Morgan fingerprint density at radius 2 is 1.95 bits per heavy atom. The third-order valence-corrected chi connectivity index (χ3v) is 3.47. The van der Waals surface area contributed by atoms with Crippen LogP contribution in [0.1, 0.15) is 5.56 Å². The molecule has 2 aromatic rings. The van der Waals surface area contributed by atoms with Crippen molar-refractivity contribution in [2.45, 2.75) is 6.42 Å². The van der Waals surface area contributed by atoms with Gasteiger partial charge < -0.3 is 5.11 Å². The lowest BCUT2D eigenvalue weighted by atomic mass is 10.1. The summed E-state index contributed by atoms with van der Waals surface area (Å²) in [5, 5.41) is 9.89. The number of pyridine rings is 1. The number of aromatic nitrogens is 1. The highest BCUT2D eigenvalue weighted by Crippen LogP contribution is 2.35. The van der Waals surface area contributed by atoms with Gasteiger partial charge in [0, 0.05) is 16.8 Å². The summed E-state index contributed by atoms with van der Waals surface area (Å²) in [4.78, 5) is 14.9. The van der Waals surface area contributed by atoms with E-state index in [0.29, 0.717) is 31.9 Å². The predicted octanol–water partition coefficient (Wildman–Crippen LogP) is 4.34. The van der Waals surface area contributed by atoms with Crippen molar-refractivity contribution in [1.82, 2.24) is 4.98 Å². The van der Waals surface area contributed by atoms with Crippen molar-refractivity contribution in [2.24, 2.45) is 0 Å². The molecule has 0 atom stereocenters. The number of carbonyl (C=O) groups is 1. The van der Waals surface area contributed by atoms with Crippen molar-refractivity contribution in [1.29, 1.82) is 0 Å². The van der Waals surface area contributed by atoms with Crippen LogP contribution in [-0.4, -0.2) is 16.1 Å². The van der Waals surface area contributed by atoms with Gasteiger partial charge in [-0.15, -0.1) is 0 Å². The van der Waals surface area contributed by atoms with Crippen LogP contribution in [0.25, 0.3) is 11.3 Å². The first-order chi connectivity index (χ1) is 8.97. The van der Waals surface area contributed by atoms with Crippen LogP contribution >= 0.6 is 34.8 Å². The summed E-state index contributed by atoms with van der Waals surface area (Å²) in [7, 11) is 0. The minimum Gasteiger partial charge on any atom is -0.481 e. The Labute approximate surface area is 124 Å². The summed E-state index contributed by atoms with van der Waals surface area (Å²) in [6.45, 7) is 0. The highest BCUT2D eigenvalue weighted by molar-refractivity contribution is 6.45.